The second-order valence-electron chi connectivity index (χ2n) is 6.37. The van der Waals surface area contributed by atoms with Crippen LogP contribution < -0.4 is 11.1 Å². The van der Waals surface area contributed by atoms with Crippen LogP contribution in [0, 0.1) is 5.92 Å². The maximum Gasteiger partial charge on any atom is 0.223 e. The molecule has 3 N–H and O–H groups in total. The maximum atomic E-state index is 12.3. The summed E-state index contributed by atoms with van der Waals surface area (Å²) in [5.41, 5.74) is 8.26. The van der Waals surface area contributed by atoms with Crippen LogP contribution in [-0.2, 0) is 17.9 Å². The molecule has 1 aliphatic carbocycles. The summed E-state index contributed by atoms with van der Waals surface area (Å²) >= 11 is 0. The monoisotopic (exact) mass is 312 g/mol. The molecule has 3 rings (SSSR count). The first-order chi connectivity index (χ1) is 11.2. The average Bonchev–Trinajstić information content (AvgIpc) is 3.06. The second kappa shape index (κ2) is 7.42. The molecule has 0 saturated heterocycles. The summed E-state index contributed by atoms with van der Waals surface area (Å²) in [6.07, 6.45) is 7.58. The van der Waals surface area contributed by atoms with Gasteiger partial charge in [0.25, 0.3) is 0 Å². The van der Waals surface area contributed by atoms with E-state index in [2.05, 4.69) is 22.5 Å². The number of carbonyl (C=O) groups is 1. The number of aromatic nitrogens is 2. The van der Waals surface area contributed by atoms with Gasteiger partial charge in [-0.1, -0.05) is 30.7 Å². The zero-order chi connectivity index (χ0) is 16.1. The Morgan fingerprint density at radius 1 is 1.30 bits per heavy atom. The van der Waals surface area contributed by atoms with Crippen molar-refractivity contribution in [3.63, 3.8) is 0 Å². The number of benzene rings is 1. The number of amides is 1. The summed E-state index contributed by atoms with van der Waals surface area (Å²) in [6.45, 7) is 1.31. The molecular formula is C18H24N4O. The van der Waals surface area contributed by atoms with Crippen molar-refractivity contribution in [2.75, 3.05) is 0 Å². The molecule has 1 heterocycles. The van der Waals surface area contributed by atoms with Gasteiger partial charge in [-0.25, -0.2) is 0 Å². The van der Waals surface area contributed by atoms with Crippen molar-refractivity contribution < 1.29 is 4.79 Å². The zero-order valence-electron chi connectivity index (χ0n) is 13.3. The molecule has 122 valence electrons. The van der Waals surface area contributed by atoms with E-state index in [1.54, 1.807) is 6.20 Å². The highest BCUT2D eigenvalue weighted by Gasteiger charge is 2.24. The van der Waals surface area contributed by atoms with Crippen LogP contribution in [-0.4, -0.2) is 21.7 Å². The molecule has 1 aliphatic rings. The minimum absolute atomic E-state index is 0.0750. The van der Waals surface area contributed by atoms with E-state index in [4.69, 9.17) is 5.73 Å². The van der Waals surface area contributed by atoms with Crippen molar-refractivity contribution in [2.45, 2.75) is 44.8 Å². The molecule has 0 aliphatic heterocycles. The Morgan fingerprint density at radius 2 is 2.17 bits per heavy atom. The molecule has 1 saturated carbocycles. The van der Waals surface area contributed by atoms with Gasteiger partial charge in [-0.3, -0.25) is 9.48 Å². The Labute approximate surface area is 136 Å². The molecule has 2 atom stereocenters. The van der Waals surface area contributed by atoms with Gasteiger partial charge in [0, 0.05) is 30.9 Å². The lowest BCUT2D eigenvalue weighted by molar-refractivity contribution is -0.126. The third-order valence-electron chi connectivity index (χ3n) is 4.45. The predicted molar refractivity (Wildman–Crippen MR) is 89.6 cm³/mol. The quantitative estimate of drug-likeness (QED) is 0.887. The summed E-state index contributed by atoms with van der Waals surface area (Å²) in [6, 6.07) is 10.4. The number of nitrogens with two attached hydrogens (primary N) is 1. The van der Waals surface area contributed by atoms with Crippen LogP contribution in [0.25, 0.3) is 0 Å². The van der Waals surface area contributed by atoms with Crippen LogP contribution >= 0.6 is 0 Å². The fraction of sp³-hybridized carbons (Fsp3) is 0.444. The Morgan fingerprint density at radius 3 is 2.96 bits per heavy atom. The van der Waals surface area contributed by atoms with Crippen LogP contribution in [0.4, 0.5) is 0 Å². The van der Waals surface area contributed by atoms with Crippen molar-refractivity contribution in [3.8, 4) is 0 Å². The first-order valence-corrected chi connectivity index (χ1v) is 8.29. The highest BCUT2D eigenvalue weighted by molar-refractivity contribution is 5.78. The van der Waals surface area contributed by atoms with E-state index in [1.165, 1.54) is 5.56 Å². The Balaban J connectivity index is 1.54. The summed E-state index contributed by atoms with van der Waals surface area (Å²) in [7, 11) is 0. The van der Waals surface area contributed by atoms with Gasteiger partial charge in [0.2, 0.25) is 5.91 Å². The zero-order valence-corrected chi connectivity index (χ0v) is 13.3. The van der Waals surface area contributed by atoms with Gasteiger partial charge in [-0.15, -0.1) is 0 Å². The van der Waals surface area contributed by atoms with Crippen molar-refractivity contribution >= 4 is 5.91 Å². The van der Waals surface area contributed by atoms with Crippen molar-refractivity contribution in [1.29, 1.82) is 0 Å². The van der Waals surface area contributed by atoms with Gasteiger partial charge >= 0.3 is 0 Å². The lowest BCUT2D eigenvalue weighted by atomic mass is 9.85. The molecule has 2 aromatic rings. The van der Waals surface area contributed by atoms with Crippen molar-refractivity contribution in [2.24, 2.45) is 11.7 Å². The van der Waals surface area contributed by atoms with Crippen molar-refractivity contribution in [1.82, 2.24) is 15.1 Å². The SMILES string of the molecule is NC1CCCC(C(=O)NCc2cccc(Cn3cccn3)c2)C1. The number of hydrogen-bond donors (Lipinski definition) is 2. The van der Waals surface area contributed by atoms with E-state index < -0.39 is 0 Å². The molecule has 1 aromatic heterocycles. The van der Waals surface area contributed by atoms with Crippen LogP contribution in [0.15, 0.2) is 42.7 Å². The van der Waals surface area contributed by atoms with E-state index in [9.17, 15) is 4.79 Å². The lowest BCUT2D eigenvalue weighted by Gasteiger charge is -2.25. The standard InChI is InChI=1S/C18H24N4O/c19-17-7-2-6-16(11-17)18(23)20-12-14-4-1-5-15(10-14)13-22-9-3-8-21-22/h1,3-5,8-10,16-17H,2,6-7,11-13,19H2,(H,20,23). The van der Waals surface area contributed by atoms with E-state index in [1.807, 2.05) is 29.1 Å². The van der Waals surface area contributed by atoms with Gasteiger partial charge in [-0.05, 0) is 36.5 Å². The van der Waals surface area contributed by atoms with Crippen LogP contribution in [0.5, 0.6) is 0 Å². The molecule has 1 amide bonds. The van der Waals surface area contributed by atoms with E-state index >= 15 is 0 Å². The third-order valence-corrected chi connectivity index (χ3v) is 4.45. The molecule has 1 aromatic carbocycles. The van der Waals surface area contributed by atoms with Gasteiger partial charge in [0.05, 0.1) is 6.54 Å². The Bertz CT molecular complexity index is 638. The molecule has 0 bridgehead atoms. The average molecular weight is 312 g/mol. The number of rotatable bonds is 5. The highest BCUT2D eigenvalue weighted by Crippen LogP contribution is 2.23. The minimum atomic E-state index is 0.0750. The molecular weight excluding hydrogens is 288 g/mol. The number of nitrogens with zero attached hydrogens (tertiary/aromatic N) is 2. The minimum Gasteiger partial charge on any atom is -0.352 e. The van der Waals surface area contributed by atoms with E-state index in [0.717, 1.165) is 37.8 Å². The third kappa shape index (κ3) is 4.42. The molecule has 1 fully saturated rings. The Kier molecular flexibility index (Phi) is 5.08. The molecule has 5 heteroatoms. The summed E-state index contributed by atoms with van der Waals surface area (Å²) in [5.74, 6) is 0.212. The summed E-state index contributed by atoms with van der Waals surface area (Å²) in [4.78, 5) is 12.3. The highest BCUT2D eigenvalue weighted by atomic mass is 16.1. The van der Waals surface area contributed by atoms with Gasteiger partial charge < -0.3 is 11.1 Å². The molecule has 0 spiro atoms. The fourth-order valence-corrected chi connectivity index (χ4v) is 3.22. The lowest BCUT2D eigenvalue weighted by Crippen LogP contribution is -2.37. The van der Waals surface area contributed by atoms with E-state index in [0.29, 0.717) is 6.54 Å². The first-order valence-electron chi connectivity index (χ1n) is 8.29. The normalized spacial score (nSPS) is 21.1. The largest absolute Gasteiger partial charge is 0.352 e. The maximum absolute atomic E-state index is 12.3. The molecule has 5 nitrogen and oxygen atoms in total. The smallest absolute Gasteiger partial charge is 0.223 e. The number of nitrogens with one attached hydrogen (secondary N) is 1. The van der Waals surface area contributed by atoms with Crippen LogP contribution in [0.1, 0.15) is 36.8 Å². The fourth-order valence-electron chi connectivity index (χ4n) is 3.22. The van der Waals surface area contributed by atoms with Gasteiger partial charge in [0.15, 0.2) is 0 Å². The summed E-state index contributed by atoms with van der Waals surface area (Å²) in [5, 5.41) is 7.28. The van der Waals surface area contributed by atoms with E-state index in [-0.39, 0.29) is 17.9 Å². The number of hydrogen-bond acceptors (Lipinski definition) is 3. The topological polar surface area (TPSA) is 72.9 Å². The Hall–Kier alpha value is -2.14. The molecule has 23 heavy (non-hydrogen) atoms. The van der Waals surface area contributed by atoms with Crippen molar-refractivity contribution in [3.05, 3.63) is 53.9 Å². The second-order valence-corrected chi connectivity index (χ2v) is 6.37. The van der Waals surface area contributed by atoms with Gasteiger partial charge in [-0.2, -0.15) is 5.10 Å². The first kappa shape index (κ1) is 15.7. The van der Waals surface area contributed by atoms with Crippen LogP contribution in [0.2, 0.25) is 0 Å². The van der Waals surface area contributed by atoms with Crippen LogP contribution in [0.3, 0.4) is 0 Å². The molecule has 0 radical (unpaired) electrons. The molecule has 2 unspecified atom stereocenters. The summed E-state index contributed by atoms with van der Waals surface area (Å²) < 4.78 is 1.89. The predicted octanol–water partition coefficient (Wildman–Crippen LogP) is 2.07. The number of carbonyl (C=O) groups excluding carboxylic acids is 1. The van der Waals surface area contributed by atoms with Gasteiger partial charge in [0.1, 0.15) is 0 Å².